The summed E-state index contributed by atoms with van der Waals surface area (Å²) in [6.07, 6.45) is -4.55. The van der Waals surface area contributed by atoms with Crippen LogP contribution in [-0.4, -0.2) is 51.7 Å². The van der Waals surface area contributed by atoms with E-state index in [0.29, 0.717) is 32.7 Å². The maximum Gasteiger partial charge on any atom is 0.433 e. The average Bonchev–Trinajstić information content (AvgIpc) is 2.98. The van der Waals surface area contributed by atoms with E-state index in [1.807, 2.05) is 0 Å². The molecule has 1 aromatic heterocycles. The number of piperazine rings is 1. The van der Waals surface area contributed by atoms with Crippen molar-refractivity contribution in [1.29, 1.82) is 0 Å². The molecule has 146 valence electrons. The zero-order valence-corrected chi connectivity index (χ0v) is 14.8. The van der Waals surface area contributed by atoms with E-state index in [2.05, 4.69) is 10.00 Å². The zero-order valence-electron chi connectivity index (χ0n) is 14.8. The van der Waals surface area contributed by atoms with Gasteiger partial charge in [0, 0.05) is 32.7 Å². The fourth-order valence-electron chi connectivity index (χ4n) is 3.13. The van der Waals surface area contributed by atoms with Crippen molar-refractivity contribution in [2.75, 3.05) is 26.2 Å². The summed E-state index contributed by atoms with van der Waals surface area (Å²) in [6, 6.07) is 7.17. The van der Waals surface area contributed by atoms with Crippen molar-refractivity contribution in [3.8, 4) is 0 Å². The number of nitrogens with zero attached hydrogens (tertiary/aromatic N) is 4. The van der Waals surface area contributed by atoms with Gasteiger partial charge in [0.1, 0.15) is 18.1 Å². The minimum absolute atomic E-state index is 0.222. The predicted molar refractivity (Wildman–Crippen MR) is 90.2 cm³/mol. The lowest BCUT2D eigenvalue weighted by atomic mass is 10.2. The van der Waals surface area contributed by atoms with E-state index in [1.165, 1.54) is 19.1 Å². The highest BCUT2D eigenvalue weighted by molar-refractivity contribution is 5.76. The summed E-state index contributed by atoms with van der Waals surface area (Å²) in [4.78, 5) is 16.1. The Labute approximate surface area is 154 Å². The van der Waals surface area contributed by atoms with Crippen molar-refractivity contribution in [1.82, 2.24) is 19.6 Å². The van der Waals surface area contributed by atoms with Gasteiger partial charge in [-0.05, 0) is 30.7 Å². The first-order chi connectivity index (χ1) is 12.7. The number of alkyl halides is 3. The van der Waals surface area contributed by atoms with Gasteiger partial charge >= 0.3 is 6.18 Å². The highest BCUT2D eigenvalue weighted by atomic mass is 19.4. The van der Waals surface area contributed by atoms with E-state index in [9.17, 15) is 22.4 Å². The predicted octanol–water partition coefficient (Wildman–Crippen LogP) is 2.69. The highest BCUT2D eigenvalue weighted by Gasteiger charge is 2.36. The topological polar surface area (TPSA) is 41.4 Å². The van der Waals surface area contributed by atoms with E-state index in [1.54, 1.807) is 17.0 Å². The van der Waals surface area contributed by atoms with Crippen LogP contribution in [0.15, 0.2) is 30.3 Å². The lowest BCUT2D eigenvalue weighted by molar-refractivity contribution is -0.146. The number of carbonyl (C=O) groups is 1. The van der Waals surface area contributed by atoms with Gasteiger partial charge in [-0.3, -0.25) is 14.4 Å². The van der Waals surface area contributed by atoms with E-state index >= 15 is 0 Å². The van der Waals surface area contributed by atoms with Crippen molar-refractivity contribution in [3.63, 3.8) is 0 Å². The van der Waals surface area contributed by atoms with Gasteiger partial charge in [-0.15, -0.1) is 0 Å². The number of carbonyl (C=O) groups excluding carboxylic acids is 1. The summed E-state index contributed by atoms with van der Waals surface area (Å²) in [5.74, 6) is -0.675. The Kier molecular flexibility index (Phi) is 5.50. The average molecular weight is 384 g/mol. The number of aryl methyl sites for hydroxylation is 1. The second-order valence-electron chi connectivity index (χ2n) is 6.61. The van der Waals surface area contributed by atoms with Crippen LogP contribution in [-0.2, 0) is 24.1 Å². The van der Waals surface area contributed by atoms with Gasteiger partial charge in [0.2, 0.25) is 5.91 Å². The molecule has 1 aliphatic heterocycles. The smallest absolute Gasteiger partial charge is 0.339 e. The van der Waals surface area contributed by atoms with Gasteiger partial charge in [-0.1, -0.05) is 12.1 Å². The fourth-order valence-corrected chi connectivity index (χ4v) is 3.13. The Morgan fingerprint density at radius 1 is 1.11 bits per heavy atom. The molecule has 1 saturated heterocycles. The molecule has 0 aliphatic carbocycles. The standard InChI is InChI=1S/C18H20F4N4O/c1-13-10-16(18(20,21)22)26(23-13)12-17(27)25-8-6-24(7-9-25)11-14-2-4-15(19)5-3-14/h2-5,10H,6-9,11-12H2,1H3. The summed E-state index contributed by atoms with van der Waals surface area (Å²) >= 11 is 0. The molecule has 3 rings (SSSR count). The Balaban J connectivity index is 1.55. The molecular weight excluding hydrogens is 364 g/mol. The number of benzene rings is 1. The molecule has 0 atom stereocenters. The quantitative estimate of drug-likeness (QED) is 0.762. The van der Waals surface area contributed by atoms with Crippen molar-refractivity contribution in [2.24, 2.45) is 0 Å². The van der Waals surface area contributed by atoms with Crippen molar-refractivity contribution in [3.05, 3.63) is 53.1 Å². The van der Waals surface area contributed by atoms with E-state index < -0.39 is 18.4 Å². The maximum atomic E-state index is 13.0. The largest absolute Gasteiger partial charge is 0.433 e. The summed E-state index contributed by atoms with van der Waals surface area (Å²) in [6.45, 7) is 3.74. The van der Waals surface area contributed by atoms with Gasteiger partial charge in [0.25, 0.3) is 0 Å². The van der Waals surface area contributed by atoms with E-state index in [-0.39, 0.29) is 17.4 Å². The minimum Gasteiger partial charge on any atom is -0.339 e. The molecule has 2 aromatic rings. The summed E-state index contributed by atoms with van der Waals surface area (Å²) in [7, 11) is 0. The number of halogens is 4. The van der Waals surface area contributed by atoms with Crippen molar-refractivity contribution < 1.29 is 22.4 Å². The molecule has 1 fully saturated rings. The Morgan fingerprint density at radius 3 is 2.33 bits per heavy atom. The third-order valence-corrected chi connectivity index (χ3v) is 4.52. The summed E-state index contributed by atoms with van der Waals surface area (Å²) in [5, 5.41) is 3.80. The van der Waals surface area contributed by atoms with Gasteiger partial charge in [-0.25, -0.2) is 4.39 Å². The number of rotatable bonds is 4. The second kappa shape index (κ2) is 7.67. The summed E-state index contributed by atoms with van der Waals surface area (Å²) < 4.78 is 52.7. The van der Waals surface area contributed by atoms with Crippen LogP contribution < -0.4 is 0 Å². The first-order valence-corrected chi connectivity index (χ1v) is 8.58. The molecular formula is C18H20F4N4O. The van der Waals surface area contributed by atoms with Gasteiger partial charge in [-0.2, -0.15) is 18.3 Å². The Bertz CT molecular complexity index is 793. The molecule has 0 saturated carbocycles. The molecule has 1 aromatic carbocycles. The molecule has 0 bridgehead atoms. The Hall–Kier alpha value is -2.42. The number of amides is 1. The minimum atomic E-state index is -4.55. The highest BCUT2D eigenvalue weighted by Crippen LogP contribution is 2.29. The Morgan fingerprint density at radius 2 is 1.74 bits per heavy atom. The molecule has 0 spiro atoms. The molecule has 2 heterocycles. The van der Waals surface area contributed by atoms with Crippen molar-refractivity contribution in [2.45, 2.75) is 26.2 Å². The fraction of sp³-hybridized carbons (Fsp3) is 0.444. The molecule has 1 amide bonds. The van der Waals surface area contributed by atoms with Crippen LogP contribution in [0, 0.1) is 12.7 Å². The van der Waals surface area contributed by atoms with Gasteiger partial charge in [0.05, 0.1) is 5.69 Å². The van der Waals surface area contributed by atoms with Crippen LogP contribution in [0.5, 0.6) is 0 Å². The second-order valence-corrected chi connectivity index (χ2v) is 6.61. The van der Waals surface area contributed by atoms with Gasteiger partial charge in [0.15, 0.2) is 0 Å². The van der Waals surface area contributed by atoms with Crippen LogP contribution >= 0.6 is 0 Å². The normalized spacial score (nSPS) is 16.0. The number of hydrogen-bond acceptors (Lipinski definition) is 3. The van der Waals surface area contributed by atoms with Crippen LogP contribution in [0.4, 0.5) is 17.6 Å². The van der Waals surface area contributed by atoms with Crippen LogP contribution in [0.25, 0.3) is 0 Å². The summed E-state index contributed by atoms with van der Waals surface area (Å²) in [5.41, 5.74) is 0.278. The van der Waals surface area contributed by atoms with Crippen LogP contribution in [0.3, 0.4) is 0 Å². The lowest BCUT2D eigenvalue weighted by Crippen LogP contribution is -2.49. The lowest BCUT2D eigenvalue weighted by Gasteiger charge is -2.34. The van der Waals surface area contributed by atoms with Crippen LogP contribution in [0.1, 0.15) is 17.0 Å². The monoisotopic (exact) mass is 384 g/mol. The van der Waals surface area contributed by atoms with E-state index in [4.69, 9.17) is 0 Å². The number of aromatic nitrogens is 2. The molecule has 0 N–H and O–H groups in total. The molecule has 1 aliphatic rings. The third-order valence-electron chi connectivity index (χ3n) is 4.52. The first-order valence-electron chi connectivity index (χ1n) is 8.58. The molecule has 27 heavy (non-hydrogen) atoms. The molecule has 0 unspecified atom stereocenters. The molecule has 5 nitrogen and oxygen atoms in total. The SMILES string of the molecule is Cc1cc(C(F)(F)F)n(CC(=O)N2CCN(Cc3ccc(F)cc3)CC2)n1. The third kappa shape index (κ3) is 4.85. The van der Waals surface area contributed by atoms with Gasteiger partial charge < -0.3 is 4.90 Å². The van der Waals surface area contributed by atoms with E-state index in [0.717, 1.165) is 16.3 Å². The number of hydrogen-bond donors (Lipinski definition) is 0. The molecule has 9 heteroatoms. The molecule has 0 radical (unpaired) electrons. The maximum absolute atomic E-state index is 13.0. The first kappa shape index (κ1) is 19.3. The van der Waals surface area contributed by atoms with Crippen LogP contribution in [0.2, 0.25) is 0 Å². The zero-order chi connectivity index (χ0) is 19.6. The van der Waals surface area contributed by atoms with Crippen molar-refractivity contribution >= 4 is 5.91 Å².